The van der Waals surface area contributed by atoms with Gasteiger partial charge in [0.25, 0.3) is 0 Å². The molecule has 240 valence electrons. The van der Waals surface area contributed by atoms with Crippen LogP contribution in [0.3, 0.4) is 0 Å². The minimum absolute atomic E-state index is 0.0361. The Kier molecular flexibility index (Phi) is 9.51. The van der Waals surface area contributed by atoms with E-state index in [1.165, 1.54) is 7.11 Å². The summed E-state index contributed by atoms with van der Waals surface area (Å²) in [6.45, 7) is 1.84. The topological polar surface area (TPSA) is 150 Å². The van der Waals surface area contributed by atoms with Gasteiger partial charge >= 0.3 is 0 Å². The summed E-state index contributed by atoms with van der Waals surface area (Å²) in [6.07, 6.45) is 0. The molecule has 0 heterocycles. The minimum atomic E-state index is -0.150. The molecule has 0 fully saturated rings. The van der Waals surface area contributed by atoms with Gasteiger partial charge in [0.1, 0.15) is 28.6 Å². The average molecular weight is 710 g/mol. The number of hydrogen-bond acceptors (Lipinski definition) is 14. The van der Waals surface area contributed by atoms with E-state index in [-0.39, 0.29) is 17.2 Å². The zero-order valence-electron chi connectivity index (χ0n) is 25.4. The summed E-state index contributed by atoms with van der Waals surface area (Å²) in [5.41, 5.74) is 9.82. The van der Waals surface area contributed by atoms with E-state index in [1.54, 1.807) is 54.6 Å². The lowest BCUT2D eigenvalue weighted by Crippen LogP contribution is -1.88. The number of benzene rings is 6. The van der Waals surface area contributed by atoms with Gasteiger partial charge in [-0.1, -0.05) is 6.07 Å². The Labute approximate surface area is 297 Å². The number of aromatic hydroxyl groups is 2. The highest BCUT2D eigenvalue weighted by molar-refractivity contribution is 7.80. The van der Waals surface area contributed by atoms with Gasteiger partial charge in [0.2, 0.25) is 0 Å². The number of ether oxygens (including phenoxy) is 1. The first kappa shape index (κ1) is 33.2. The number of rotatable bonds is 7. The first-order chi connectivity index (χ1) is 23.0. The number of nitrogen functional groups attached to an aromatic ring is 1. The lowest BCUT2D eigenvalue weighted by molar-refractivity contribution is 0.416. The van der Waals surface area contributed by atoms with Crippen molar-refractivity contribution in [3.8, 4) is 17.2 Å². The van der Waals surface area contributed by atoms with Crippen molar-refractivity contribution in [2.24, 2.45) is 30.7 Å². The fourth-order valence-electron chi connectivity index (χ4n) is 5.05. The fraction of sp³-hybridized carbons (Fsp3) is 0.0588. The summed E-state index contributed by atoms with van der Waals surface area (Å²) in [5.74, 6) is 0.257. The van der Waals surface area contributed by atoms with Gasteiger partial charge in [-0.3, -0.25) is 0 Å². The van der Waals surface area contributed by atoms with Crippen molar-refractivity contribution in [2.75, 3.05) is 12.8 Å². The number of phenols is 2. The molecule has 6 aromatic carbocycles. The van der Waals surface area contributed by atoms with Crippen molar-refractivity contribution in [3.05, 3.63) is 84.4 Å². The second kappa shape index (κ2) is 13.8. The molecular formula is C34H27N7O3S4. The monoisotopic (exact) mass is 709 g/mol. The van der Waals surface area contributed by atoms with Gasteiger partial charge in [-0.15, -0.1) is 71.0 Å². The Morgan fingerprint density at radius 2 is 1.35 bits per heavy atom. The molecule has 0 atom stereocenters. The van der Waals surface area contributed by atoms with Gasteiger partial charge in [-0.25, -0.2) is 0 Å². The molecule has 10 nitrogen and oxygen atoms in total. The molecule has 48 heavy (non-hydrogen) atoms. The van der Waals surface area contributed by atoms with Crippen LogP contribution in [0.15, 0.2) is 129 Å². The normalized spacial score (nSPS) is 12.0. The van der Waals surface area contributed by atoms with Crippen LogP contribution in [-0.4, -0.2) is 17.3 Å². The lowest BCUT2D eigenvalue weighted by atomic mass is 10.1. The van der Waals surface area contributed by atoms with Gasteiger partial charge < -0.3 is 20.7 Å². The van der Waals surface area contributed by atoms with E-state index in [4.69, 9.17) is 10.5 Å². The van der Waals surface area contributed by atoms with Crippen LogP contribution in [0.5, 0.6) is 17.2 Å². The molecule has 0 aliphatic heterocycles. The lowest BCUT2D eigenvalue weighted by Gasteiger charge is -2.11. The van der Waals surface area contributed by atoms with Crippen LogP contribution in [0.25, 0.3) is 21.5 Å². The first-order valence-corrected chi connectivity index (χ1v) is 16.0. The van der Waals surface area contributed by atoms with Gasteiger partial charge in [-0.05, 0) is 84.6 Å². The molecule has 0 aliphatic rings. The predicted molar refractivity (Wildman–Crippen MR) is 201 cm³/mol. The Morgan fingerprint density at radius 3 is 2.10 bits per heavy atom. The summed E-state index contributed by atoms with van der Waals surface area (Å²) >= 11 is 17.8. The van der Waals surface area contributed by atoms with Gasteiger partial charge in [-0.2, -0.15) is 10.2 Å². The Morgan fingerprint density at radius 1 is 0.646 bits per heavy atom. The Bertz CT molecular complexity index is 2340. The zero-order chi connectivity index (χ0) is 34.1. The number of phenolic OH excluding ortho intramolecular Hbond substituents is 2. The number of anilines is 1. The van der Waals surface area contributed by atoms with Crippen molar-refractivity contribution in [3.63, 3.8) is 0 Å². The standard InChI is InChI=1S/C34H27N7O3S4/c1-16-8-26(29(44-2)15-25(16)37-39-27-12-20(46)9-17-10-21(47)13-28(42)31(17)27)38-41-33-30(48)14-23-22(34(33)43)6-7-24(35)32(23)40-36-18-4-3-5-19(45)11-18/h3-15,42-43,45-48H,35H2,1-2H3. The SMILES string of the molecule is COc1cc(N=Nc2cc(S)cc3cc(S)cc(O)c23)c(C)cc1N=Nc1c(S)cc2c(N=Nc3cccc(S)c3)c(N)ccc2c1O. The summed E-state index contributed by atoms with van der Waals surface area (Å²) in [6, 6.07) is 22.6. The van der Waals surface area contributed by atoms with Crippen molar-refractivity contribution in [2.45, 2.75) is 26.5 Å². The van der Waals surface area contributed by atoms with Crippen LogP contribution in [0.2, 0.25) is 0 Å². The first-order valence-electron chi connectivity index (χ1n) is 14.2. The third-order valence-corrected chi connectivity index (χ3v) is 8.48. The van der Waals surface area contributed by atoms with E-state index in [9.17, 15) is 10.2 Å². The maximum Gasteiger partial charge on any atom is 0.152 e. The van der Waals surface area contributed by atoms with Crippen LogP contribution in [-0.2, 0) is 0 Å². The fourth-order valence-corrected chi connectivity index (χ4v) is 6.07. The number of nitrogens with zero attached hydrogens (tertiary/aromatic N) is 6. The largest absolute Gasteiger partial charge is 0.507 e. The molecule has 14 heteroatoms. The van der Waals surface area contributed by atoms with Crippen molar-refractivity contribution >= 4 is 112 Å². The third-order valence-electron chi connectivity index (χ3n) is 7.34. The molecule has 0 bridgehead atoms. The van der Waals surface area contributed by atoms with E-state index in [0.717, 1.165) is 15.8 Å². The predicted octanol–water partition coefficient (Wildman–Crippen LogP) is 11.7. The van der Waals surface area contributed by atoms with Crippen LogP contribution < -0.4 is 10.5 Å². The van der Waals surface area contributed by atoms with Gasteiger partial charge in [0.15, 0.2) is 5.75 Å². The number of azo groups is 3. The summed E-state index contributed by atoms with van der Waals surface area (Å²) in [4.78, 5) is 2.36. The van der Waals surface area contributed by atoms with Crippen LogP contribution >= 0.6 is 50.5 Å². The van der Waals surface area contributed by atoms with E-state index in [1.807, 2.05) is 31.2 Å². The second-order valence-corrected chi connectivity index (χ2v) is 12.7. The number of methoxy groups -OCH3 is 1. The molecule has 6 aromatic rings. The summed E-state index contributed by atoms with van der Waals surface area (Å²) < 4.78 is 5.59. The van der Waals surface area contributed by atoms with Crippen molar-refractivity contribution in [1.29, 1.82) is 0 Å². The molecular weight excluding hydrogens is 683 g/mol. The molecule has 0 saturated carbocycles. The maximum absolute atomic E-state index is 11.3. The molecule has 0 unspecified atom stereocenters. The number of hydrogen-bond donors (Lipinski definition) is 7. The molecule has 0 amide bonds. The van der Waals surface area contributed by atoms with E-state index in [0.29, 0.717) is 70.7 Å². The Hall–Kier alpha value is -4.76. The molecule has 0 radical (unpaired) electrons. The van der Waals surface area contributed by atoms with E-state index >= 15 is 0 Å². The van der Waals surface area contributed by atoms with E-state index < -0.39 is 0 Å². The van der Waals surface area contributed by atoms with Crippen LogP contribution in [0.4, 0.5) is 39.8 Å². The van der Waals surface area contributed by atoms with Crippen molar-refractivity contribution in [1.82, 2.24) is 0 Å². The molecule has 0 aliphatic carbocycles. The minimum Gasteiger partial charge on any atom is -0.507 e. The van der Waals surface area contributed by atoms with Crippen LogP contribution in [0.1, 0.15) is 5.56 Å². The average Bonchev–Trinajstić information content (AvgIpc) is 3.03. The van der Waals surface area contributed by atoms with Crippen molar-refractivity contribution < 1.29 is 14.9 Å². The quantitative estimate of drug-likeness (QED) is 0.0501. The highest BCUT2D eigenvalue weighted by Crippen LogP contribution is 2.46. The maximum atomic E-state index is 11.3. The molecule has 0 spiro atoms. The molecule has 0 aromatic heterocycles. The Balaban J connectivity index is 1.34. The molecule has 0 saturated heterocycles. The smallest absolute Gasteiger partial charge is 0.152 e. The zero-order valence-corrected chi connectivity index (χ0v) is 28.9. The highest BCUT2D eigenvalue weighted by atomic mass is 32.1. The number of nitrogens with two attached hydrogens (primary N) is 1. The summed E-state index contributed by atoms with van der Waals surface area (Å²) in [7, 11) is 1.50. The molecule has 4 N–H and O–H groups in total. The van der Waals surface area contributed by atoms with Gasteiger partial charge in [0.05, 0.1) is 35.2 Å². The van der Waals surface area contributed by atoms with E-state index in [2.05, 4.69) is 81.2 Å². The molecule has 6 rings (SSSR count). The second-order valence-electron chi connectivity index (χ2n) is 10.6. The summed E-state index contributed by atoms with van der Waals surface area (Å²) in [5, 5.41) is 50.4. The van der Waals surface area contributed by atoms with Gasteiger partial charge in [0, 0.05) is 36.4 Å². The van der Waals surface area contributed by atoms with Crippen LogP contribution in [0, 0.1) is 6.92 Å². The third kappa shape index (κ3) is 6.78. The number of aryl methyl sites for hydroxylation is 1. The number of fused-ring (bicyclic) bond motifs is 2. The highest BCUT2D eigenvalue weighted by Gasteiger charge is 2.17. The number of thiol groups is 4.